The Bertz CT molecular complexity index is 1250. The van der Waals surface area contributed by atoms with Gasteiger partial charge >= 0.3 is 13.1 Å². The molecule has 10 heteroatoms. The van der Waals surface area contributed by atoms with E-state index in [0.717, 1.165) is 55.6 Å². The van der Waals surface area contributed by atoms with E-state index in [1.54, 1.807) is 0 Å². The molecule has 3 saturated carbocycles. The molecule has 3 aliphatic heterocycles. The number of likely N-dealkylation sites (N-methyl/N-ethyl adjacent to an activating group) is 1. The van der Waals surface area contributed by atoms with Crippen molar-refractivity contribution in [3.63, 3.8) is 0 Å². The minimum atomic E-state index is -0.629. The highest BCUT2D eigenvalue weighted by molar-refractivity contribution is 7.59. The van der Waals surface area contributed by atoms with E-state index in [4.69, 9.17) is 18.8 Å². The van der Waals surface area contributed by atoms with E-state index in [-0.39, 0.29) is 56.3 Å². The lowest BCUT2D eigenvalue weighted by Crippen LogP contribution is -2.65. The molecule has 0 N–H and O–H groups in total. The fourth-order valence-electron chi connectivity index (χ4n) is 8.34. The monoisotopic (exact) mass is 614 g/mol. The molecule has 1 aromatic carbocycles. The van der Waals surface area contributed by atoms with Gasteiger partial charge in [-0.2, -0.15) is 13.5 Å². The Kier molecular flexibility index (Phi) is 8.78. The Hall–Kier alpha value is -1.75. The molecule has 0 aromatic heterocycles. The van der Waals surface area contributed by atoms with Crippen LogP contribution in [0, 0.1) is 24.2 Å². The van der Waals surface area contributed by atoms with Crippen molar-refractivity contribution in [2.45, 2.75) is 116 Å². The summed E-state index contributed by atoms with van der Waals surface area (Å²) in [6.45, 7) is 16.6. The smallest absolute Gasteiger partial charge is 0.457 e. The van der Waals surface area contributed by atoms with Crippen molar-refractivity contribution >= 4 is 32.5 Å². The zero-order valence-electron chi connectivity index (χ0n) is 27.3. The third kappa shape index (κ3) is 5.86. The first-order chi connectivity index (χ1) is 19.7. The van der Waals surface area contributed by atoms with Crippen molar-refractivity contribution in [1.82, 2.24) is 9.80 Å². The molecule has 3 heterocycles. The van der Waals surface area contributed by atoms with Gasteiger partial charge < -0.3 is 23.7 Å². The van der Waals surface area contributed by atoms with Crippen molar-refractivity contribution in [3.05, 3.63) is 28.8 Å². The average molecular weight is 615 g/mol. The highest BCUT2D eigenvalue weighted by atomic mass is 32.1. The van der Waals surface area contributed by atoms with Crippen LogP contribution in [0.2, 0.25) is 6.32 Å². The van der Waals surface area contributed by atoms with Crippen LogP contribution in [0.3, 0.4) is 0 Å². The maximum atomic E-state index is 13.5. The number of likely N-dealkylation sites (tertiary alicyclic amines) is 2. The van der Waals surface area contributed by atoms with E-state index in [2.05, 4.69) is 31.7 Å². The first-order valence-corrected chi connectivity index (χ1v) is 16.0. The first-order valence-electron chi connectivity index (χ1n) is 16.0. The van der Waals surface area contributed by atoms with Crippen LogP contribution in [0.25, 0.3) is 0 Å². The van der Waals surface area contributed by atoms with Crippen LogP contribution >= 0.6 is 13.5 Å². The standard InChI is InChI=1S/C33H49BN2O6.H2S/c1-20-21(13-14-34-41-27-17-22-16-26(32(22,5)6)33(27,7)42-34)11-12-25(28(20)30(38)40-31(2,3)4)39-23-18-36(19-23)29(37)24-10-9-15-35(24)8;/h11-12,22-24,26-27H,9-10,13-19H2,1-8H3;1H2/t22-,24-,26-,27+,33-;/m0./s1. The molecule has 0 radical (unpaired) electrons. The second-order valence-corrected chi connectivity index (χ2v) is 15.3. The molecule has 1 amide bonds. The minimum absolute atomic E-state index is 0. The third-order valence-electron chi connectivity index (χ3n) is 11.1. The highest BCUT2D eigenvalue weighted by Gasteiger charge is 2.67. The van der Waals surface area contributed by atoms with Crippen molar-refractivity contribution in [2.24, 2.45) is 17.3 Å². The van der Waals surface area contributed by atoms with E-state index in [1.165, 1.54) is 6.42 Å². The number of nitrogens with zero attached hydrogens (tertiary/aromatic N) is 2. The summed E-state index contributed by atoms with van der Waals surface area (Å²) in [7, 11) is 1.77. The lowest BCUT2D eigenvalue weighted by Gasteiger charge is -2.64. The van der Waals surface area contributed by atoms with Crippen LogP contribution in [-0.2, 0) is 25.3 Å². The number of benzene rings is 1. The molecule has 6 fully saturated rings. The number of carbonyl (C=O) groups excluding carboxylic acids is 2. The molecule has 0 unspecified atom stereocenters. The minimum Gasteiger partial charge on any atom is -0.486 e. The molecule has 3 aliphatic carbocycles. The molecule has 7 rings (SSSR count). The van der Waals surface area contributed by atoms with Crippen molar-refractivity contribution in [1.29, 1.82) is 0 Å². The predicted octanol–water partition coefficient (Wildman–Crippen LogP) is 5.02. The third-order valence-corrected chi connectivity index (χ3v) is 11.1. The molecule has 238 valence electrons. The molecule has 3 saturated heterocycles. The molecule has 43 heavy (non-hydrogen) atoms. The molecular weight excluding hydrogens is 563 g/mol. The summed E-state index contributed by atoms with van der Waals surface area (Å²) in [5, 5.41) is 0. The van der Waals surface area contributed by atoms with E-state index < -0.39 is 5.60 Å². The molecule has 1 aromatic rings. The highest BCUT2D eigenvalue weighted by Crippen LogP contribution is 2.65. The Morgan fingerprint density at radius 3 is 2.49 bits per heavy atom. The largest absolute Gasteiger partial charge is 0.486 e. The number of amides is 1. The van der Waals surface area contributed by atoms with Gasteiger partial charge in [0.15, 0.2) is 0 Å². The van der Waals surface area contributed by atoms with Crippen LogP contribution in [0.5, 0.6) is 5.75 Å². The van der Waals surface area contributed by atoms with Gasteiger partial charge in [0, 0.05) is 0 Å². The zero-order valence-corrected chi connectivity index (χ0v) is 28.3. The number of rotatable bonds is 7. The van der Waals surface area contributed by atoms with Gasteiger partial charge in [0.25, 0.3) is 0 Å². The van der Waals surface area contributed by atoms with E-state index >= 15 is 0 Å². The summed E-state index contributed by atoms with van der Waals surface area (Å²) in [6.07, 6.45) is 5.76. The summed E-state index contributed by atoms with van der Waals surface area (Å²) in [5.41, 5.74) is 1.87. The van der Waals surface area contributed by atoms with Gasteiger partial charge in [-0.15, -0.1) is 0 Å². The van der Waals surface area contributed by atoms with Crippen LogP contribution in [-0.4, -0.2) is 84.9 Å². The van der Waals surface area contributed by atoms with Crippen LogP contribution in [0.15, 0.2) is 12.1 Å². The van der Waals surface area contributed by atoms with Gasteiger partial charge in [-0.25, -0.2) is 4.79 Å². The Morgan fingerprint density at radius 2 is 1.86 bits per heavy atom. The van der Waals surface area contributed by atoms with Gasteiger partial charge in [0.05, 0.1) is 30.8 Å². The Labute approximate surface area is 265 Å². The van der Waals surface area contributed by atoms with Crippen molar-refractivity contribution < 1.29 is 28.4 Å². The summed E-state index contributed by atoms with van der Waals surface area (Å²) in [4.78, 5) is 30.4. The topological polar surface area (TPSA) is 77.5 Å². The van der Waals surface area contributed by atoms with Crippen LogP contribution < -0.4 is 4.74 Å². The average Bonchev–Trinajstić information content (AvgIpc) is 3.45. The molecule has 0 spiro atoms. The molecule has 6 aliphatic rings. The molecule has 8 nitrogen and oxygen atoms in total. The molecule has 2 bridgehead atoms. The summed E-state index contributed by atoms with van der Waals surface area (Å²) >= 11 is 0. The van der Waals surface area contributed by atoms with Crippen LogP contribution in [0.1, 0.15) is 88.7 Å². The van der Waals surface area contributed by atoms with Gasteiger partial charge in [0.2, 0.25) is 5.91 Å². The van der Waals surface area contributed by atoms with Crippen LogP contribution in [0.4, 0.5) is 0 Å². The van der Waals surface area contributed by atoms with Crippen molar-refractivity contribution in [3.8, 4) is 5.75 Å². The quantitative estimate of drug-likeness (QED) is 0.316. The number of ether oxygens (including phenoxy) is 2. The van der Waals surface area contributed by atoms with Gasteiger partial charge in [-0.05, 0) is 121 Å². The number of hydrogen-bond donors (Lipinski definition) is 0. The van der Waals surface area contributed by atoms with Gasteiger partial charge in [0.1, 0.15) is 23.0 Å². The number of carbonyl (C=O) groups is 2. The molecule has 5 atom stereocenters. The molecular formula is C33H51BN2O6S. The predicted molar refractivity (Wildman–Crippen MR) is 172 cm³/mol. The zero-order chi connectivity index (χ0) is 30.2. The summed E-state index contributed by atoms with van der Waals surface area (Å²) in [5.74, 6) is 1.58. The lowest BCUT2D eigenvalue weighted by molar-refractivity contribution is -0.199. The van der Waals surface area contributed by atoms with E-state index in [0.29, 0.717) is 35.7 Å². The number of hydrogen-bond acceptors (Lipinski definition) is 7. The van der Waals surface area contributed by atoms with E-state index in [9.17, 15) is 9.59 Å². The maximum Gasteiger partial charge on any atom is 0.457 e. The Morgan fingerprint density at radius 1 is 1.14 bits per heavy atom. The second kappa shape index (κ2) is 11.6. The second-order valence-electron chi connectivity index (χ2n) is 15.3. The van der Waals surface area contributed by atoms with Gasteiger partial charge in [-0.3, -0.25) is 9.69 Å². The summed E-state index contributed by atoms with van der Waals surface area (Å²) in [6, 6.07) is 3.92. The first kappa shape index (κ1) is 32.6. The number of esters is 1. The number of aryl methyl sites for hydroxylation is 1. The maximum absolute atomic E-state index is 13.5. The fourth-order valence-corrected chi connectivity index (χ4v) is 8.34. The van der Waals surface area contributed by atoms with E-state index in [1.807, 2.05) is 45.7 Å². The Balaban J connectivity index is 0.00000368. The van der Waals surface area contributed by atoms with Gasteiger partial charge in [-0.1, -0.05) is 19.9 Å². The fraction of sp³-hybridized carbons (Fsp3) is 0.758. The normalized spacial score (nSPS) is 31.5. The SMILES string of the molecule is Cc1c(CCB2O[C@@H]3C[C@@H]4C[C@@H](C4(C)C)[C@]3(C)O2)ccc(OC2CN(C(=O)[C@@H]3CCCN3C)C2)c1C(=O)OC(C)(C)C.S. The lowest BCUT2D eigenvalue weighted by atomic mass is 9.43. The van der Waals surface area contributed by atoms with Crippen molar-refractivity contribution in [2.75, 3.05) is 26.7 Å². The summed E-state index contributed by atoms with van der Waals surface area (Å²) < 4.78 is 25.3.